The molecule has 0 aromatic heterocycles. The molecule has 1 aliphatic rings. The van der Waals surface area contributed by atoms with E-state index in [2.05, 4.69) is 27.9 Å². The fourth-order valence-corrected chi connectivity index (χ4v) is 3.13. The minimum atomic E-state index is -0.687. The largest absolute Gasteiger partial charge is 0.460 e. The molecule has 0 aliphatic carbocycles. The van der Waals surface area contributed by atoms with Crippen molar-refractivity contribution in [3.63, 3.8) is 0 Å². The third-order valence-electron chi connectivity index (χ3n) is 3.24. The molecule has 0 saturated carbocycles. The highest BCUT2D eigenvalue weighted by atomic mass is 127. The zero-order valence-corrected chi connectivity index (χ0v) is 16.9. The van der Waals surface area contributed by atoms with Crippen molar-refractivity contribution in [2.75, 3.05) is 11.0 Å². The van der Waals surface area contributed by atoms with Gasteiger partial charge in [-0.3, -0.25) is 0 Å². The van der Waals surface area contributed by atoms with Crippen molar-refractivity contribution < 1.29 is 23.8 Å². The molecule has 1 heterocycles. The second kappa shape index (κ2) is 8.00. The first kappa shape index (κ1) is 20.5. The van der Waals surface area contributed by atoms with Crippen molar-refractivity contribution in [3.05, 3.63) is 0 Å². The molecule has 7 heteroatoms. The van der Waals surface area contributed by atoms with E-state index in [1.54, 1.807) is 20.8 Å². The van der Waals surface area contributed by atoms with Crippen molar-refractivity contribution in [3.8, 4) is 0 Å². The molecular formula is C16H28INO5. The Morgan fingerprint density at radius 1 is 1.22 bits per heavy atom. The maximum absolute atomic E-state index is 12.1. The second-order valence-electron chi connectivity index (χ2n) is 7.67. The van der Waals surface area contributed by atoms with Crippen LogP contribution < -0.4 is 5.32 Å². The molecule has 1 amide bonds. The van der Waals surface area contributed by atoms with E-state index >= 15 is 0 Å². The van der Waals surface area contributed by atoms with E-state index < -0.39 is 23.7 Å². The molecule has 1 rings (SSSR count). The molecule has 3 atom stereocenters. The molecule has 134 valence electrons. The zero-order chi connectivity index (χ0) is 17.8. The van der Waals surface area contributed by atoms with Gasteiger partial charge in [0.05, 0.1) is 5.60 Å². The number of alkyl carbamates (subject to hydrolysis) is 1. The Labute approximate surface area is 152 Å². The van der Waals surface area contributed by atoms with Crippen LogP contribution in [0.15, 0.2) is 0 Å². The molecule has 0 spiro atoms. The summed E-state index contributed by atoms with van der Waals surface area (Å²) in [7, 11) is 0. The molecule has 1 N–H and O–H groups in total. The molecule has 1 saturated heterocycles. The molecule has 6 nitrogen and oxygen atoms in total. The average molecular weight is 441 g/mol. The van der Waals surface area contributed by atoms with Crippen molar-refractivity contribution in [2.24, 2.45) is 5.92 Å². The Morgan fingerprint density at radius 3 is 2.30 bits per heavy atom. The Morgan fingerprint density at radius 2 is 1.83 bits per heavy atom. The van der Waals surface area contributed by atoms with Crippen LogP contribution in [-0.2, 0) is 19.0 Å². The quantitative estimate of drug-likeness (QED) is 0.404. The lowest BCUT2D eigenvalue weighted by atomic mass is 9.94. The van der Waals surface area contributed by atoms with Gasteiger partial charge in [0, 0.05) is 17.0 Å². The summed E-state index contributed by atoms with van der Waals surface area (Å²) in [5, 5.41) is 2.65. The van der Waals surface area contributed by atoms with Gasteiger partial charge in [0.2, 0.25) is 0 Å². The third kappa shape index (κ3) is 7.24. The summed E-state index contributed by atoms with van der Waals surface area (Å²) in [5.41, 5.74) is -0.850. The Bertz CT molecular complexity index is 427. The number of alkyl halides is 1. The van der Waals surface area contributed by atoms with Crippen LogP contribution in [-0.4, -0.2) is 46.4 Å². The smallest absolute Gasteiger partial charge is 0.408 e. The van der Waals surface area contributed by atoms with Crippen molar-refractivity contribution in [1.82, 2.24) is 5.32 Å². The zero-order valence-electron chi connectivity index (χ0n) is 14.8. The first-order chi connectivity index (χ1) is 10.4. The summed E-state index contributed by atoms with van der Waals surface area (Å²) >= 11 is 2.19. The number of hydrogen-bond donors (Lipinski definition) is 1. The highest BCUT2D eigenvalue weighted by Gasteiger charge is 2.45. The number of hydrogen-bond acceptors (Lipinski definition) is 5. The number of nitrogens with one attached hydrogen (secondary N) is 1. The van der Waals surface area contributed by atoms with Gasteiger partial charge in [-0.2, -0.15) is 0 Å². The van der Waals surface area contributed by atoms with Crippen LogP contribution in [0.2, 0.25) is 0 Å². The minimum Gasteiger partial charge on any atom is -0.460 e. The van der Waals surface area contributed by atoms with Crippen molar-refractivity contribution in [2.45, 2.75) is 71.3 Å². The summed E-state index contributed by atoms with van der Waals surface area (Å²) in [4.78, 5) is 24.0. The number of carbonyl (C=O) groups is 2. The summed E-state index contributed by atoms with van der Waals surface area (Å²) in [6.07, 6.45) is -0.182. The van der Waals surface area contributed by atoms with E-state index in [1.165, 1.54) is 0 Å². The Hall–Kier alpha value is -0.570. The topological polar surface area (TPSA) is 73.9 Å². The second-order valence-corrected chi connectivity index (χ2v) is 8.55. The van der Waals surface area contributed by atoms with Crippen LogP contribution in [0.5, 0.6) is 0 Å². The summed E-state index contributed by atoms with van der Waals surface area (Å²) in [6, 6.07) is -0.687. The average Bonchev–Trinajstić information content (AvgIpc) is 2.63. The molecule has 0 aromatic rings. The SMILES string of the molecule is CC(C)(C)OCC[C@@H]1[C@H](NC(=O)OC(C)(C)C)C(=O)O[C@@H]1CI. The third-order valence-corrected chi connectivity index (χ3v) is 4.11. The normalized spacial score (nSPS) is 25.2. The van der Waals surface area contributed by atoms with E-state index in [4.69, 9.17) is 14.2 Å². The standard InChI is InChI=1S/C16H28INO5/c1-15(2,3)21-8-7-10-11(9-17)22-13(19)12(10)18-14(20)23-16(4,5)6/h10-12H,7-9H2,1-6H3,(H,18,20)/t10-,11+,12-/m0/s1. The van der Waals surface area contributed by atoms with Gasteiger partial charge in [0.25, 0.3) is 0 Å². The van der Waals surface area contributed by atoms with Gasteiger partial charge in [0.15, 0.2) is 0 Å². The number of rotatable bonds is 5. The van der Waals surface area contributed by atoms with Crippen LogP contribution in [0.25, 0.3) is 0 Å². The number of carbonyl (C=O) groups excluding carboxylic acids is 2. The first-order valence-corrected chi connectivity index (χ1v) is 9.35. The molecule has 0 unspecified atom stereocenters. The van der Waals surface area contributed by atoms with Crippen LogP contribution in [0, 0.1) is 5.92 Å². The molecule has 1 aliphatic heterocycles. The number of amides is 1. The van der Waals surface area contributed by atoms with E-state index in [1.807, 2.05) is 20.8 Å². The highest BCUT2D eigenvalue weighted by Crippen LogP contribution is 2.28. The molecule has 0 radical (unpaired) electrons. The molecule has 1 fully saturated rings. The van der Waals surface area contributed by atoms with Gasteiger partial charge in [-0.05, 0) is 48.0 Å². The van der Waals surface area contributed by atoms with Crippen molar-refractivity contribution >= 4 is 34.7 Å². The van der Waals surface area contributed by atoms with E-state index in [-0.39, 0.29) is 17.6 Å². The fraction of sp³-hybridized carbons (Fsp3) is 0.875. The lowest BCUT2D eigenvalue weighted by molar-refractivity contribution is -0.142. The van der Waals surface area contributed by atoms with Crippen LogP contribution >= 0.6 is 22.6 Å². The Kier molecular flexibility index (Phi) is 7.12. The number of esters is 1. The summed E-state index contributed by atoms with van der Waals surface area (Å²) < 4.78 is 17.0. The molecule has 0 aromatic carbocycles. The van der Waals surface area contributed by atoms with Gasteiger partial charge in [-0.25, -0.2) is 9.59 Å². The van der Waals surface area contributed by atoms with Gasteiger partial charge < -0.3 is 19.5 Å². The Balaban J connectivity index is 2.69. The molecule has 0 bridgehead atoms. The van der Waals surface area contributed by atoms with E-state index in [9.17, 15) is 9.59 Å². The number of halogens is 1. The predicted molar refractivity (Wildman–Crippen MR) is 95.7 cm³/mol. The summed E-state index contributed by atoms with van der Waals surface area (Å²) in [5.74, 6) is -0.521. The minimum absolute atomic E-state index is 0.116. The maximum Gasteiger partial charge on any atom is 0.408 e. The van der Waals surface area contributed by atoms with Crippen molar-refractivity contribution in [1.29, 1.82) is 0 Å². The lowest BCUT2D eigenvalue weighted by Gasteiger charge is -2.25. The van der Waals surface area contributed by atoms with E-state index in [0.717, 1.165) is 0 Å². The van der Waals surface area contributed by atoms with Gasteiger partial charge in [-0.15, -0.1) is 0 Å². The van der Waals surface area contributed by atoms with E-state index in [0.29, 0.717) is 17.5 Å². The maximum atomic E-state index is 12.1. The molecular weight excluding hydrogens is 413 g/mol. The lowest BCUT2D eigenvalue weighted by Crippen LogP contribution is -2.46. The fourth-order valence-electron chi connectivity index (χ4n) is 2.30. The van der Waals surface area contributed by atoms with Gasteiger partial charge in [-0.1, -0.05) is 22.6 Å². The van der Waals surface area contributed by atoms with Crippen LogP contribution in [0.1, 0.15) is 48.0 Å². The van der Waals surface area contributed by atoms with Gasteiger partial charge in [0.1, 0.15) is 17.7 Å². The summed E-state index contributed by atoms with van der Waals surface area (Å²) in [6.45, 7) is 11.8. The highest BCUT2D eigenvalue weighted by molar-refractivity contribution is 14.1. The van der Waals surface area contributed by atoms with Crippen LogP contribution in [0.4, 0.5) is 4.79 Å². The van der Waals surface area contributed by atoms with Crippen LogP contribution in [0.3, 0.4) is 0 Å². The number of cyclic esters (lactones) is 1. The predicted octanol–water partition coefficient (Wildman–Crippen LogP) is 3.06. The molecule has 23 heavy (non-hydrogen) atoms. The first-order valence-electron chi connectivity index (χ1n) is 7.83. The van der Waals surface area contributed by atoms with Gasteiger partial charge >= 0.3 is 12.1 Å². The number of ether oxygens (including phenoxy) is 3. The monoisotopic (exact) mass is 441 g/mol.